The lowest BCUT2D eigenvalue weighted by Gasteiger charge is -2.22. The molecule has 0 spiro atoms. The summed E-state index contributed by atoms with van der Waals surface area (Å²) in [5.41, 5.74) is -1.07. The Morgan fingerprint density at radius 1 is 1.50 bits per heavy atom. The molecule has 1 aliphatic heterocycles. The maximum atomic E-state index is 12.0. The van der Waals surface area contributed by atoms with Gasteiger partial charge in [-0.15, -0.1) is 0 Å². The fourth-order valence-electron chi connectivity index (χ4n) is 2.34. The van der Waals surface area contributed by atoms with Gasteiger partial charge in [-0.3, -0.25) is 18.9 Å². The number of aryl methyl sites for hydroxylation is 1. The lowest BCUT2D eigenvalue weighted by atomic mass is 10.2. The van der Waals surface area contributed by atoms with Crippen molar-refractivity contribution in [1.82, 2.24) is 9.55 Å². The number of nitrogens with zero attached hydrogens (tertiary/aromatic N) is 1. The van der Waals surface area contributed by atoms with Crippen LogP contribution < -0.4 is 11.2 Å². The molecule has 136 valence electrons. The maximum absolute atomic E-state index is 12.0. The molecule has 13 heteroatoms. The summed E-state index contributed by atoms with van der Waals surface area (Å²) in [7, 11) is -6.46. The predicted molar refractivity (Wildman–Crippen MR) is 82.5 cm³/mol. The van der Waals surface area contributed by atoms with E-state index in [0.717, 1.165) is 11.2 Å². The zero-order valence-corrected chi connectivity index (χ0v) is 14.6. The molecule has 1 aliphatic rings. The van der Waals surface area contributed by atoms with E-state index in [1.807, 2.05) is 0 Å². The zero-order chi connectivity index (χ0) is 18.1. The van der Waals surface area contributed by atoms with E-state index in [-0.39, 0.29) is 18.6 Å². The van der Waals surface area contributed by atoms with Gasteiger partial charge in [-0.2, -0.15) is 0 Å². The second-order valence-corrected chi connectivity index (χ2v) is 7.94. The van der Waals surface area contributed by atoms with Crippen molar-refractivity contribution in [2.24, 2.45) is 0 Å². The van der Waals surface area contributed by atoms with E-state index in [4.69, 9.17) is 19.0 Å². The zero-order valence-electron chi connectivity index (χ0n) is 12.9. The first-order chi connectivity index (χ1) is 11.1. The Bertz CT molecular complexity index is 740. The van der Waals surface area contributed by atoms with Crippen molar-refractivity contribution in [3.63, 3.8) is 0 Å². The number of hydrogen-bond donors (Lipinski definition) is 4. The average Bonchev–Trinajstić information content (AvgIpc) is 2.81. The van der Waals surface area contributed by atoms with Crippen molar-refractivity contribution in [2.45, 2.75) is 31.8 Å². The highest BCUT2D eigenvalue weighted by Crippen LogP contribution is 2.45. The van der Waals surface area contributed by atoms with Crippen LogP contribution in [0.3, 0.4) is 0 Å². The van der Waals surface area contributed by atoms with Crippen molar-refractivity contribution < 1.29 is 33.0 Å². The number of H-pyrrole nitrogens is 1. The third-order valence-electron chi connectivity index (χ3n) is 3.27. The number of hydrogen-bond acceptors (Lipinski definition) is 8. The van der Waals surface area contributed by atoms with Gasteiger partial charge in [0, 0.05) is 24.8 Å². The molecule has 1 aromatic rings. The highest BCUT2D eigenvalue weighted by molar-refractivity contribution is 7.51. The van der Waals surface area contributed by atoms with Crippen molar-refractivity contribution in [3.8, 4) is 0 Å². The normalized spacial score (nSPS) is 26.7. The summed E-state index contributed by atoms with van der Waals surface area (Å²) in [6.07, 6.45) is -1.41. The Labute approximate surface area is 137 Å². The van der Waals surface area contributed by atoms with Gasteiger partial charge in [-0.1, -0.05) is 0 Å². The van der Waals surface area contributed by atoms with Crippen molar-refractivity contribution >= 4 is 16.2 Å². The first-order valence-corrected chi connectivity index (χ1v) is 10.0. The average molecular weight is 384 g/mol. The SMILES string of the molecule is Cc1cn(C2OC(COP(O)O)CC2OP(C)(=O)O)c(=O)[nH]c1=O. The molecular weight excluding hydrogens is 366 g/mol. The van der Waals surface area contributed by atoms with Crippen LogP contribution in [-0.4, -0.2) is 49.7 Å². The third-order valence-corrected chi connectivity index (χ3v) is 4.31. The van der Waals surface area contributed by atoms with Gasteiger partial charge in [0.1, 0.15) is 6.10 Å². The number of rotatable bonds is 6. The molecule has 1 saturated heterocycles. The molecule has 0 aliphatic carbocycles. The van der Waals surface area contributed by atoms with Gasteiger partial charge in [-0.05, 0) is 6.92 Å². The molecule has 1 aromatic heterocycles. The molecule has 0 bridgehead atoms. The van der Waals surface area contributed by atoms with Gasteiger partial charge in [0.05, 0.1) is 12.7 Å². The van der Waals surface area contributed by atoms with Crippen LogP contribution in [-0.2, 0) is 18.3 Å². The summed E-state index contributed by atoms with van der Waals surface area (Å²) in [5.74, 6) is 0. The van der Waals surface area contributed by atoms with Crippen LogP contribution in [0.15, 0.2) is 15.8 Å². The molecule has 24 heavy (non-hydrogen) atoms. The van der Waals surface area contributed by atoms with Gasteiger partial charge in [0.25, 0.3) is 5.56 Å². The van der Waals surface area contributed by atoms with Crippen LogP contribution in [0.25, 0.3) is 0 Å². The van der Waals surface area contributed by atoms with Crippen molar-refractivity contribution in [2.75, 3.05) is 13.3 Å². The Kier molecular flexibility index (Phi) is 6.11. The molecule has 11 nitrogen and oxygen atoms in total. The Hall–Kier alpha value is -0.900. The van der Waals surface area contributed by atoms with E-state index >= 15 is 0 Å². The second kappa shape index (κ2) is 7.55. The minimum atomic E-state index is -3.88. The Balaban J connectivity index is 2.29. The lowest BCUT2D eigenvalue weighted by molar-refractivity contribution is -0.0472. The first-order valence-electron chi connectivity index (χ1n) is 6.84. The third kappa shape index (κ3) is 5.05. The molecule has 0 aromatic carbocycles. The van der Waals surface area contributed by atoms with Gasteiger partial charge in [0.15, 0.2) is 6.23 Å². The highest BCUT2D eigenvalue weighted by Gasteiger charge is 2.41. The number of nitrogens with one attached hydrogen (secondary N) is 1. The standard InChI is InChI=1S/C11H18N2O9P2/c1-6-4-13(11(15)12-9(6)14)10-8(22-24(2,18)19)3-7(21-10)5-20-23(16)17/h4,7-8,10,16-17H,3,5H2,1-2H3,(H,18,19)(H,12,14,15). The summed E-state index contributed by atoms with van der Waals surface area (Å²) in [4.78, 5) is 52.6. The van der Waals surface area contributed by atoms with Crippen LogP contribution >= 0.6 is 16.2 Å². The minimum Gasteiger partial charge on any atom is -0.349 e. The molecule has 0 radical (unpaired) electrons. The molecule has 0 saturated carbocycles. The van der Waals surface area contributed by atoms with E-state index in [9.17, 15) is 19.0 Å². The van der Waals surface area contributed by atoms with Crippen LogP contribution in [0.1, 0.15) is 18.2 Å². The van der Waals surface area contributed by atoms with Gasteiger partial charge in [0.2, 0.25) is 0 Å². The highest BCUT2D eigenvalue weighted by atomic mass is 31.2. The Morgan fingerprint density at radius 2 is 2.17 bits per heavy atom. The molecule has 4 atom stereocenters. The van der Waals surface area contributed by atoms with Crippen LogP contribution in [0.2, 0.25) is 0 Å². The molecule has 4 N–H and O–H groups in total. The molecule has 2 rings (SSSR count). The minimum absolute atomic E-state index is 0.0802. The number of ether oxygens (including phenoxy) is 1. The number of aromatic nitrogens is 2. The topological polar surface area (TPSA) is 160 Å². The molecule has 2 heterocycles. The maximum Gasteiger partial charge on any atom is 0.330 e. The fraction of sp³-hybridized carbons (Fsp3) is 0.636. The van der Waals surface area contributed by atoms with Crippen LogP contribution in [0, 0.1) is 6.92 Å². The molecular formula is C11H18N2O9P2. The summed E-state index contributed by atoms with van der Waals surface area (Å²) < 4.78 is 28.0. The summed E-state index contributed by atoms with van der Waals surface area (Å²) in [6, 6.07) is 0. The van der Waals surface area contributed by atoms with Gasteiger partial charge >= 0.3 is 21.9 Å². The first kappa shape index (κ1) is 19.4. The Morgan fingerprint density at radius 3 is 2.75 bits per heavy atom. The quantitative estimate of drug-likeness (QED) is 0.477. The van der Waals surface area contributed by atoms with E-state index in [2.05, 4.69) is 9.51 Å². The summed E-state index contributed by atoms with van der Waals surface area (Å²) >= 11 is 0. The fourth-order valence-corrected chi connectivity index (χ4v) is 3.33. The predicted octanol–water partition coefficient (Wildman–Crippen LogP) is -0.439. The monoisotopic (exact) mass is 384 g/mol. The van der Waals surface area contributed by atoms with E-state index in [1.165, 1.54) is 13.1 Å². The second-order valence-electron chi connectivity index (χ2n) is 5.36. The van der Waals surface area contributed by atoms with Gasteiger partial charge in [-0.25, -0.2) is 4.79 Å². The van der Waals surface area contributed by atoms with E-state index in [1.54, 1.807) is 0 Å². The molecule has 4 unspecified atom stereocenters. The largest absolute Gasteiger partial charge is 0.349 e. The van der Waals surface area contributed by atoms with Crippen LogP contribution in [0.4, 0.5) is 0 Å². The van der Waals surface area contributed by atoms with Crippen molar-refractivity contribution in [1.29, 1.82) is 0 Å². The van der Waals surface area contributed by atoms with Gasteiger partial charge < -0.3 is 28.5 Å². The van der Waals surface area contributed by atoms with Crippen LogP contribution in [0.5, 0.6) is 0 Å². The van der Waals surface area contributed by atoms with E-state index < -0.39 is 45.9 Å². The molecule has 1 fully saturated rings. The lowest BCUT2D eigenvalue weighted by Crippen LogP contribution is -2.36. The van der Waals surface area contributed by atoms with E-state index in [0.29, 0.717) is 0 Å². The molecule has 0 amide bonds. The number of aromatic amines is 1. The smallest absolute Gasteiger partial charge is 0.330 e. The van der Waals surface area contributed by atoms with Crippen molar-refractivity contribution in [3.05, 3.63) is 32.6 Å². The summed E-state index contributed by atoms with van der Waals surface area (Å²) in [6.45, 7) is 2.28. The summed E-state index contributed by atoms with van der Waals surface area (Å²) in [5, 5.41) is 0.